The van der Waals surface area contributed by atoms with E-state index in [2.05, 4.69) is 4.98 Å². The molecule has 2 aromatic heterocycles. The second-order valence-electron chi connectivity index (χ2n) is 5.84. The molecule has 0 spiro atoms. The van der Waals surface area contributed by atoms with E-state index in [1.54, 1.807) is 34.7 Å². The average molecular weight is 402 g/mol. The summed E-state index contributed by atoms with van der Waals surface area (Å²) in [6.45, 7) is 0.810. The third-order valence-electron chi connectivity index (χ3n) is 3.98. The number of carbonyl (C=O) groups is 1. The number of halogens is 1. The van der Waals surface area contributed by atoms with Crippen molar-refractivity contribution in [1.29, 1.82) is 0 Å². The zero-order valence-corrected chi connectivity index (χ0v) is 15.8. The maximum atomic E-state index is 13.1. The molecule has 1 amide bonds. The van der Waals surface area contributed by atoms with E-state index in [1.807, 2.05) is 23.6 Å². The highest BCUT2D eigenvalue weighted by Crippen LogP contribution is 2.24. The highest BCUT2D eigenvalue weighted by atomic mass is 35.5. The predicted octanol–water partition coefficient (Wildman–Crippen LogP) is 4.59. The van der Waals surface area contributed by atoms with Crippen LogP contribution in [0.3, 0.4) is 0 Å². The lowest BCUT2D eigenvalue weighted by Gasteiger charge is -2.23. The standard InChI is InChI=1S/C19H16ClN3O3S/c20-18-6-5-15(23(25)26)11-17(18)19(24)22(9-7-16-4-2-10-27-16)13-14-3-1-8-21-12-14/h1-6,8,10-12H,7,9,13H2. The molecule has 8 heteroatoms. The number of non-ortho nitro benzene ring substituents is 1. The van der Waals surface area contributed by atoms with Gasteiger partial charge in [-0.25, -0.2) is 0 Å². The van der Waals surface area contributed by atoms with Crippen LogP contribution in [0.4, 0.5) is 5.69 Å². The Bertz CT molecular complexity index is 933. The molecular weight excluding hydrogens is 386 g/mol. The van der Waals surface area contributed by atoms with Crippen molar-refractivity contribution >= 4 is 34.5 Å². The molecule has 27 heavy (non-hydrogen) atoms. The minimum atomic E-state index is -0.537. The minimum Gasteiger partial charge on any atom is -0.334 e. The molecule has 0 radical (unpaired) electrons. The number of pyridine rings is 1. The normalized spacial score (nSPS) is 10.6. The molecule has 0 aliphatic rings. The van der Waals surface area contributed by atoms with Crippen molar-refractivity contribution in [3.05, 3.63) is 91.4 Å². The van der Waals surface area contributed by atoms with Crippen LogP contribution in [0.2, 0.25) is 5.02 Å². The Hall–Kier alpha value is -2.77. The highest BCUT2D eigenvalue weighted by molar-refractivity contribution is 7.09. The van der Waals surface area contributed by atoms with Gasteiger partial charge in [-0.05, 0) is 35.6 Å². The zero-order valence-electron chi connectivity index (χ0n) is 14.2. The second-order valence-corrected chi connectivity index (χ2v) is 7.28. The maximum absolute atomic E-state index is 13.1. The molecule has 6 nitrogen and oxygen atoms in total. The Morgan fingerprint density at radius 3 is 2.78 bits per heavy atom. The second kappa shape index (κ2) is 8.75. The van der Waals surface area contributed by atoms with Gasteiger partial charge in [-0.1, -0.05) is 23.7 Å². The van der Waals surface area contributed by atoms with Crippen LogP contribution in [0, 0.1) is 10.1 Å². The Labute approximate surface area is 165 Å². The molecule has 3 rings (SSSR count). The van der Waals surface area contributed by atoms with Gasteiger partial charge in [-0.3, -0.25) is 19.9 Å². The summed E-state index contributed by atoms with van der Waals surface area (Å²) in [5, 5.41) is 13.2. The molecular formula is C19H16ClN3O3S. The molecule has 3 aromatic rings. The quantitative estimate of drug-likeness (QED) is 0.428. The van der Waals surface area contributed by atoms with Gasteiger partial charge in [0.1, 0.15) is 0 Å². The van der Waals surface area contributed by atoms with E-state index in [9.17, 15) is 14.9 Å². The summed E-state index contributed by atoms with van der Waals surface area (Å²) in [4.78, 5) is 30.5. The largest absolute Gasteiger partial charge is 0.334 e. The molecule has 1 aromatic carbocycles. The zero-order chi connectivity index (χ0) is 19.2. The molecule has 0 aliphatic heterocycles. The average Bonchev–Trinajstić information content (AvgIpc) is 3.19. The van der Waals surface area contributed by atoms with Gasteiger partial charge in [0.25, 0.3) is 11.6 Å². The van der Waals surface area contributed by atoms with Crippen molar-refractivity contribution in [3.63, 3.8) is 0 Å². The van der Waals surface area contributed by atoms with Gasteiger partial charge in [-0.2, -0.15) is 0 Å². The Kier molecular flexibility index (Phi) is 6.16. The van der Waals surface area contributed by atoms with Crippen molar-refractivity contribution in [2.45, 2.75) is 13.0 Å². The summed E-state index contributed by atoms with van der Waals surface area (Å²) in [6.07, 6.45) is 4.05. The lowest BCUT2D eigenvalue weighted by molar-refractivity contribution is -0.384. The van der Waals surface area contributed by atoms with Crippen LogP contribution in [0.5, 0.6) is 0 Å². The van der Waals surface area contributed by atoms with Crippen LogP contribution in [-0.4, -0.2) is 27.3 Å². The van der Waals surface area contributed by atoms with Crippen LogP contribution < -0.4 is 0 Å². The number of benzene rings is 1. The van der Waals surface area contributed by atoms with Crippen LogP contribution in [-0.2, 0) is 13.0 Å². The number of carbonyl (C=O) groups excluding carboxylic acids is 1. The van der Waals surface area contributed by atoms with E-state index in [1.165, 1.54) is 18.2 Å². The maximum Gasteiger partial charge on any atom is 0.270 e. The first-order chi connectivity index (χ1) is 13.0. The molecule has 0 N–H and O–H groups in total. The number of amides is 1. The topological polar surface area (TPSA) is 76.3 Å². The first-order valence-electron chi connectivity index (χ1n) is 8.19. The monoisotopic (exact) mass is 401 g/mol. The van der Waals surface area contributed by atoms with Gasteiger partial charge in [0.2, 0.25) is 0 Å². The van der Waals surface area contributed by atoms with Gasteiger partial charge in [0, 0.05) is 42.5 Å². The van der Waals surface area contributed by atoms with Gasteiger partial charge in [0.15, 0.2) is 0 Å². The van der Waals surface area contributed by atoms with Crippen LogP contribution in [0.15, 0.2) is 60.2 Å². The van der Waals surface area contributed by atoms with E-state index in [-0.39, 0.29) is 22.2 Å². The Morgan fingerprint density at radius 2 is 2.11 bits per heavy atom. The third kappa shape index (κ3) is 4.90. The fourth-order valence-electron chi connectivity index (χ4n) is 2.63. The van der Waals surface area contributed by atoms with E-state index >= 15 is 0 Å². The molecule has 0 saturated carbocycles. The van der Waals surface area contributed by atoms with Crippen molar-refractivity contribution in [2.75, 3.05) is 6.54 Å². The number of nitrogens with zero attached hydrogens (tertiary/aromatic N) is 3. The van der Waals surface area contributed by atoms with Crippen LogP contribution in [0.1, 0.15) is 20.8 Å². The predicted molar refractivity (Wildman–Crippen MR) is 105 cm³/mol. The molecule has 0 aliphatic carbocycles. The van der Waals surface area contributed by atoms with Gasteiger partial charge in [-0.15, -0.1) is 11.3 Å². The number of nitro groups is 1. The molecule has 0 bridgehead atoms. The van der Waals surface area contributed by atoms with Crippen molar-refractivity contribution < 1.29 is 9.72 Å². The fraction of sp³-hybridized carbons (Fsp3) is 0.158. The van der Waals surface area contributed by atoms with E-state index in [4.69, 9.17) is 11.6 Å². The van der Waals surface area contributed by atoms with Crippen LogP contribution >= 0.6 is 22.9 Å². The minimum absolute atomic E-state index is 0.126. The highest BCUT2D eigenvalue weighted by Gasteiger charge is 2.22. The summed E-state index contributed by atoms with van der Waals surface area (Å²) in [6, 6.07) is 11.6. The lowest BCUT2D eigenvalue weighted by Crippen LogP contribution is -2.32. The first-order valence-corrected chi connectivity index (χ1v) is 9.45. The summed E-state index contributed by atoms with van der Waals surface area (Å²) < 4.78 is 0. The molecule has 0 fully saturated rings. The Balaban J connectivity index is 1.87. The molecule has 0 unspecified atom stereocenters. The first kappa shape index (κ1) is 19.0. The number of rotatable bonds is 7. The van der Waals surface area contributed by atoms with E-state index < -0.39 is 4.92 Å². The summed E-state index contributed by atoms with van der Waals surface area (Å²) in [5.74, 6) is -0.343. The summed E-state index contributed by atoms with van der Waals surface area (Å²) in [5.41, 5.74) is 0.835. The molecule has 0 atom stereocenters. The van der Waals surface area contributed by atoms with E-state index in [0.29, 0.717) is 19.5 Å². The molecule has 138 valence electrons. The lowest BCUT2D eigenvalue weighted by atomic mass is 10.1. The smallest absolute Gasteiger partial charge is 0.270 e. The number of nitro benzene ring substituents is 1. The van der Waals surface area contributed by atoms with Crippen LogP contribution in [0.25, 0.3) is 0 Å². The fourth-order valence-corrected chi connectivity index (χ4v) is 3.52. The summed E-state index contributed by atoms with van der Waals surface area (Å²) in [7, 11) is 0. The van der Waals surface area contributed by atoms with Gasteiger partial charge in [0.05, 0.1) is 15.5 Å². The number of hydrogen-bond acceptors (Lipinski definition) is 5. The number of hydrogen-bond donors (Lipinski definition) is 0. The van der Waals surface area contributed by atoms with Crippen molar-refractivity contribution in [3.8, 4) is 0 Å². The SMILES string of the molecule is O=C(c1cc([N+](=O)[O-])ccc1Cl)N(CCc1cccs1)Cc1cccnc1. The van der Waals surface area contributed by atoms with E-state index in [0.717, 1.165) is 10.4 Å². The van der Waals surface area contributed by atoms with Gasteiger partial charge >= 0.3 is 0 Å². The molecule has 2 heterocycles. The Morgan fingerprint density at radius 1 is 1.26 bits per heavy atom. The van der Waals surface area contributed by atoms with Crippen molar-refractivity contribution in [2.24, 2.45) is 0 Å². The third-order valence-corrected chi connectivity index (χ3v) is 5.25. The van der Waals surface area contributed by atoms with Crippen molar-refractivity contribution in [1.82, 2.24) is 9.88 Å². The molecule has 0 saturated heterocycles. The van der Waals surface area contributed by atoms with Gasteiger partial charge < -0.3 is 4.90 Å². The summed E-state index contributed by atoms with van der Waals surface area (Å²) >= 11 is 7.78. The number of aromatic nitrogens is 1. The number of thiophene rings is 1.